The van der Waals surface area contributed by atoms with Crippen molar-refractivity contribution in [3.63, 3.8) is 0 Å². The van der Waals surface area contributed by atoms with Crippen molar-refractivity contribution in [1.29, 1.82) is 0 Å². The summed E-state index contributed by atoms with van der Waals surface area (Å²) in [4.78, 5) is 11.8. The second-order valence-corrected chi connectivity index (χ2v) is 7.78. The minimum atomic E-state index is -0.510. The van der Waals surface area contributed by atoms with Gasteiger partial charge in [0.2, 0.25) is 0 Å². The van der Waals surface area contributed by atoms with Gasteiger partial charge < -0.3 is 15.4 Å². The summed E-state index contributed by atoms with van der Waals surface area (Å²) < 4.78 is 19.2. The third kappa shape index (κ3) is 7.62. The Morgan fingerprint density at radius 1 is 1.38 bits per heavy atom. The monoisotopic (exact) mass is 402 g/mol. The summed E-state index contributed by atoms with van der Waals surface area (Å²) in [6.45, 7) is 10.1. The fourth-order valence-electron chi connectivity index (χ4n) is 2.41. The van der Waals surface area contributed by atoms with Crippen LogP contribution in [0.2, 0.25) is 0 Å². The highest BCUT2D eigenvalue weighted by Crippen LogP contribution is 2.24. The van der Waals surface area contributed by atoms with E-state index in [1.54, 1.807) is 6.07 Å². The molecule has 24 heavy (non-hydrogen) atoms. The van der Waals surface area contributed by atoms with E-state index in [-0.39, 0.29) is 17.9 Å². The van der Waals surface area contributed by atoms with Crippen molar-refractivity contribution in [2.24, 2.45) is 0 Å². The number of carbonyl (C=O) groups excluding carboxylic acids is 1. The number of benzene rings is 1. The number of amides is 1. The highest BCUT2D eigenvalue weighted by molar-refractivity contribution is 9.10. The van der Waals surface area contributed by atoms with E-state index in [1.807, 2.05) is 27.7 Å². The molecule has 1 aromatic rings. The second kappa shape index (κ2) is 9.37. The predicted octanol–water partition coefficient (Wildman–Crippen LogP) is 4.93. The van der Waals surface area contributed by atoms with Crippen LogP contribution in [0, 0.1) is 5.82 Å². The average molecular weight is 403 g/mol. The van der Waals surface area contributed by atoms with E-state index in [9.17, 15) is 9.18 Å². The lowest BCUT2D eigenvalue weighted by Crippen LogP contribution is -2.43. The van der Waals surface area contributed by atoms with Crippen LogP contribution < -0.4 is 10.6 Å². The number of hydrogen-bond donors (Lipinski definition) is 2. The molecule has 0 saturated heterocycles. The van der Waals surface area contributed by atoms with Crippen molar-refractivity contribution in [1.82, 2.24) is 10.6 Å². The van der Waals surface area contributed by atoms with E-state index < -0.39 is 11.7 Å². The van der Waals surface area contributed by atoms with Crippen LogP contribution in [-0.4, -0.2) is 24.3 Å². The fraction of sp³-hybridized carbons (Fsp3) is 0.611. The van der Waals surface area contributed by atoms with Crippen LogP contribution in [0.5, 0.6) is 0 Å². The Hall–Kier alpha value is -1.14. The molecule has 6 heteroatoms. The van der Waals surface area contributed by atoms with Crippen LogP contribution in [0.25, 0.3) is 0 Å². The molecule has 2 atom stereocenters. The Kier molecular flexibility index (Phi) is 8.16. The Bertz CT molecular complexity index is 546. The van der Waals surface area contributed by atoms with Crippen LogP contribution in [0.1, 0.15) is 59.1 Å². The number of hydrogen-bond acceptors (Lipinski definition) is 3. The molecule has 0 aliphatic carbocycles. The first-order valence-electron chi connectivity index (χ1n) is 8.30. The van der Waals surface area contributed by atoms with Gasteiger partial charge in [0.15, 0.2) is 0 Å². The van der Waals surface area contributed by atoms with Crippen molar-refractivity contribution >= 4 is 22.0 Å². The number of carbonyl (C=O) groups is 1. The van der Waals surface area contributed by atoms with Crippen LogP contribution >= 0.6 is 15.9 Å². The molecule has 0 fully saturated rings. The first-order valence-corrected chi connectivity index (χ1v) is 9.09. The molecule has 2 unspecified atom stereocenters. The van der Waals surface area contributed by atoms with Gasteiger partial charge in [-0.25, -0.2) is 9.18 Å². The minimum Gasteiger partial charge on any atom is -0.444 e. The lowest BCUT2D eigenvalue weighted by atomic mass is 10.1. The van der Waals surface area contributed by atoms with E-state index in [4.69, 9.17) is 4.74 Å². The van der Waals surface area contributed by atoms with Crippen molar-refractivity contribution in [3.05, 3.63) is 34.1 Å². The van der Waals surface area contributed by atoms with Crippen molar-refractivity contribution in [3.8, 4) is 0 Å². The smallest absolute Gasteiger partial charge is 0.407 e. The lowest BCUT2D eigenvalue weighted by molar-refractivity contribution is 0.0521. The Morgan fingerprint density at radius 3 is 2.58 bits per heavy atom. The largest absolute Gasteiger partial charge is 0.444 e. The standard InChI is InChI=1S/C18H28BrFN2O2/c1-6-7-14(11-21-17(23)24-18(3,4)5)22-12(2)15-9-8-13(20)10-16(15)19/h8-10,12,14,22H,6-7,11H2,1-5H3,(H,21,23). The second-order valence-electron chi connectivity index (χ2n) is 6.92. The molecule has 0 radical (unpaired) electrons. The molecule has 4 nitrogen and oxygen atoms in total. The van der Waals surface area contributed by atoms with E-state index >= 15 is 0 Å². The zero-order valence-electron chi connectivity index (χ0n) is 15.1. The van der Waals surface area contributed by atoms with Gasteiger partial charge in [-0.2, -0.15) is 0 Å². The Labute approximate surface area is 152 Å². The minimum absolute atomic E-state index is 0.0250. The van der Waals surface area contributed by atoms with E-state index in [1.165, 1.54) is 12.1 Å². The van der Waals surface area contributed by atoms with E-state index in [0.29, 0.717) is 6.54 Å². The van der Waals surface area contributed by atoms with E-state index in [2.05, 4.69) is 33.5 Å². The normalized spacial score (nSPS) is 14.1. The molecular weight excluding hydrogens is 375 g/mol. The molecule has 1 aromatic carbocycles. The SMILES string of the molecule is CCCC(CNC(=O)OC(C)(C)C)NC(C)c1ccc(F)cc1Br. The van der Waals surface area contributed by atoms with Crippen LogP contribution in [0.3, 0.4) is 0 Å². The first-order chi connectivity index (χ1) is 11.1. The Morgan fingerprint density at radius 2 is 2.04 bits per heavy atom. The molecular formula is C18H28BrFN2O2. The third-order valence-corrected chi connectivity index (χ3v) is 4.13. The van der Waals surface area contributed by atoms with Crippen LogP contribution in [-0.2, 0) is 4.74 Å². The fourth-order valence-corrected chi connectivity index (χ4v) is 3.10. The van der Waals surface area contributed by atoms with Crippen molar-refractivity contribution in [2.45, 2.75) is 65.1 Å². The zero-order chi connectivity index (χ0) is 18.3. The Balaban J connectivity index is 2.63. The molecule has 1 rings (SSSR count). The van der Waals surface area contributed by atoms with Crippen LogP contribution in [0.4, 0.5) is 9.18 Å². The topological polar surface area (TPSA) is 50.4 Å². The van der Waals surface area contributed by atoms with Gasteiger partial charge in [-0.05, 0) is 51.8 Å². The van der Waals surface area contributed by atoms with E-state index in [0.717, 1.165) is 22.9 Å². The average Bonchev–Trinajstić information content (AvgIpc) is 2.43. The number of ether oxygens (including phenoxy) is 1. The highest BCUT2D eigenvalue weighted by Gasteiger charge is 2.19. The lowest BCUT2D eigenvalue weighted by Gasteiger charge is -2.25. The maximum atomic E-state index is 13.2. The molecule has 136 valence electrons. The molecule has 0 aliphatic rings. The molecule has 0 saturated carbocycles. The highest BCUT2D eigenvalue weighted by atomic mass is 79.9. The summed E-state index contributed by atoms with van der Waals surface area (Å²) in [6.07, 6.45) is 1.49. The summed E-state index contributed by atoms with van der Waals surface area (Å²) >= 11 is 3.40. The van der Waals surface area contributed by atoms with Gasteiger partial charge in [-0.15, -0.1) is 0 Å². The third-order valence-electron chi connectivity index (χ3n) is 3.44. The van der Waals surface area contributed by atoms with Gasteiger partial charge >= 0.3 is 6.09 Å². The van der Waals surface area contributed by atoms with Gasteiger partial charge in [-0.1, -0.05) is 35.3 Å². The van der Waals surface area contributed by atoms with Crippen molar-refractivity contribution in [2.75, 3.05) is 6.54 Å². The van der Waals surface area contributed by atoms with Crippen LogP contribution in [0.15, 0.2) is 22.7 Å². The molecule has 0 aromatic heterocycles. The molecule has 0 heterocycles. The number of halogens is 2. The quantitative estimate of drug-likeness (QED) is 0.679. The summed E-state index contributed by atoms with van der Waals surface area (Å²) in [7, 11) is 0. The first kappa shape index (κ1) is 20.9. The summed E-state index contributed by atoms with van der Waals surface area (Å²) in [6, 6.07) is 4.81. The van der Waals surface area contributed by atoms with Gasteiger partial charge in [0.25, 0.3) is 0 Å². The number of nitrogens with one attached hydrogen (secondary N) is 2. The summed E-state index contributed by atoms with van der Waals surface area (Å²) in [5.74, 6) is -0.269. The maximum absolute atomic E-state index is 13.2. The van der Waals surface area contributed by atoms with Crippen molar-refractivity contribution < 1.29 is 13.9 Å². The van der Waals surface area contributed by atoms with Gasteiger partial charge in [0.1, 0.15) is 11.4 Å². The molecule has 1 amide bonds. The summed E-state index contributed by atoms with van der Waals surface area (Å²) in [5, 5.41) is 6.30. The number of alkyl carbamates (subject to hydrolysis) is 1. The predicted molar refractivity (Wildman–Crippen MR) is 98.6 cm³/mol. The molecule has 0 spiro atoms. The summed E-state index contributed by atoms with van der Waals surface area (Å²) in [5.41, 5.74) is 0.471. The van der Waals surface area contributed by atoms with Gasteiger partial charge in [0.05, 0.1) is 0 Å². The molecule has 0 bridgehead atoms. The van der Waals surface area contributed by atoms with Gasteiger partial charge in [0, 0.05) is 23.1 Å². The molecule has 2 N–H and O–H groups in total. The van der Waals surface area contributed by atoms with Gasteiger partial charge in [-0.3, -0.25) is 0 Å². The molecule has 0 aliphatic heterocycles. The number of rotatable bonds is 7. The zero-order valence-corrected chi connectivity index (χ0v) is 16.7. The maximum Gasteiger partial charge on any atom is 0.407 e.